The molecule has 12 nitrogen and oxygen atoms in total. The maximum atomic E-state index is 14.5. The molecule has 0 saturated carbocycles. The maximum absolute atomic E-state index is 14.5. The Balaban J connectivity index is 0.000000641. The summed E-state index contributed by atoms with van der Waals surface area (Å²) in [6, 6.07) is 12.8. The van der Waals surface area contributed by atoms with Crippen molar-refractivity contribution in [2.75, 3.05) is 58.3 Å². The summed E-state index contributed by atoms with van der Waals surface area (Å²) in [4.78, 5) is 54.8. The zero-order valence-corrected chi connectivity index (χ0v) is 31.3. The van der Waals surface area contributed by atoms with Crippen LogP contribution in [-0.2, 0) is 20.8 Å². The molecule has 3 atom stereocenters. The number of anilines is 1. The van der Waals surface area contributed by atoms with Gasteiger partial charge in [-0.05, 0) is 87.8 Å². The number of nitrogens with one attached hydrogen (secondary N) is 3. The monoisotopic (exact) mass is 808 g/mol. The summed E-state index contributed by atoms with van der Waals surface area (Å²) in [5.41, 5.74) is 3.95. The molecule has 3 heterocycles. The predicted molar refractivity (Wildman–Crippen MR) is 196 cm³/mol. The smallest absolute Gasteiger partial charge is 0.483 e. The molecule has 2 aliphatic heterocycles. The van der Waals surface area contributed by atoms with Gasteiger partial charge in [-0.2, -0.15) is 26.3 Å². The highest BCUT2D eigenvalue weighted by molar-refractivity contribution is 6.30. The molecular formula is C36H47ClF6N6O6. The number of piperidine rings is 1. The minimum absolute atomic E-state index is 0.110. The number of amides is 3. The second-order valence-electron chi connectivity index (χ2n) is 13.1. The average Bonchev–Trinajstić information content (AvgIpc) is 3.54. The van der Waals surface area contributed by atoms with Gasteiger partial charge in [-0.25, -0.2) is 9.59 Å². The van der Waals surface area contributed by atoms with E-state index in [4.69, 9.17) is 31.4 Å². The van der Waals surface area contributed by atoms with Gasteiger partial charge in [0.2, 0.25) is 5.91 Å². The molecule has 0 radical (unpaired) electrons. The molecule has 0 bridgehead atoms. The molecule has 0 spiro atoms. The van der Waals surface area contributed by atoms with Crippen LogP contribution < -0.4 is 15.5 Å². The third-order valence-electron chi connectivity index (χ3n) is 8.74. The van der Waals surface area contributed by atoms with Crippen LogP contribution in [0.25, 0.3) is 10.9 Å². The van der Waals surface area contributed by atoms with E-state index in [2.05, 4.69) is 45.6 Å². The molecule has 19 heteroatoms. The normalized spacial score (nSPS) is 16.6. The Morgan fingerprint density at radius 3 is 2.25 bits per heavy atom. The number of carboxylic acids is 1. The Hall–Kier alpha value is -4.55. The second-order valence-corrected chi connectivity index (χ2v) is 13.5. The summed E-state index contributed by atoms with van der Waals surface area (Å²) >= 11 is 6.38. The Morgan fingerprint density at radius 1 is 1.07 bits per heavy atom. The van der Waals surface area contributed by atoms with E-state index in [1.54, 1.807) is 0 Å². The quantitative estimate of drug-likeness (QED) is 0.124. The van der Waals surface area contributed by atoms with Crippen LogP contribution >= 0.6 is 11.6 Å². The first kappa shape index (κ1) is 46.6. The van der Waals surface area contributed by atoms with Crippen LogP contribution in [0.5, 0.6) is 0 Å². The molecule has 0 aliphatic carbocycles. The first-order valence-electron chi connectivity index (χ1n) is 17.3. The average molecular weight is 809 g/mol. The number of carbonyl (C=O) groups excluding carboxylic acids is 2. The number of fused-ring (bicyclic) bond motifs is 2. The SMILES string of the molecule is CC(c1c[nH]c2ccccc12)C(NC(=O)NCCN1CCCCC1)C(=O)N1C[C@@H](CN(C)C)Cc2cc(Cl)ccc21.FC(F)F.O=C(O)C(F)(F)F.O=CO. The molecule has 306 valence electrons. The number of hydrogen-bond acceptors (Lipinski definition) is 6. The number of para-hydroxylation sites is 1. The minimum Gasteiger partial charge on any atom is -0.483 e. The van der Waals surface area contributed by atoms with E-state index in [9.17, 15) is 35.9 Å². The number of benzene rings is 2. The highest BCUT2D eigenvalue weighted by Crippen LogP contribution is 2.35. The lowest BCUT2D eigenvalue weighted by molar-refractivity contribution is -0.192. The number of nitrogens with zero attached hydrogens (tertiary/aromatic N) is 3. The van der Waals surface area contributed by atoms with Crippen molar-refractivity contribution in [1.29, 1.82) is 0 Å². The van der Waals surface area contributed by atoms with Gasteiger partial charge in [-0.3, -0.25) is 9.59 Å². The fourth-order valence-electron chi connectivity index (χ4n) is 6.48. The van der Waals surface area contributed by atoms with Crippen molar-refractivity contribution in [3.8, 4) is 0 Å². The third kappa shape index (κ3) is 15.6. The highest BCUT2D eigenvalue weighted by Gasteiger charge is 2.39. The lowest BCUT2D eigenvalue weighted by Gasteiger charge is -2.38. The summed E-state index contributed by atoms with van der Waals surface area (Å²) in [5.74, 6) is -2.88. The number of aromatic nitrogens is 1. The largest absolute Gasteiger partial charge is 0.490 e. The first-order valence-corrected chi connectivity index (χ1v) is 17.6. The molecule has 5 rings (SSSR count). The van der Waals surface area contributed by atoms with Crippen molar-refractivity contribution in [1.82, 2.24) is 25.4 Å². The van der Waals surface area contributed by atoms with Gasteiger partial charge in [0, 0.05) is 59.9 Å². The Morgan fingerprint density at radius 2 is 1.67 bits per heavy atom. The number of rotatable bonds is 9. The van der Waals surface area contributed by atoms with E-state index in [0.717, 1.165) is 60.3 Å². The minimum atomic E-state index is -5.08. The Labute approximate surface area is 319 Å². The van der Waals surface area contributed by atoms with E-state index in [0.29, 0.717) is 18.1 Å². The van der Waals surface area contributed by atoms with Crippen molar-refractivity contribution < 1.29 is 55.7 Å². The van der Waals surface area contributed by atoms with E-state index < -0.39 is 24.9 Å². The van der Waals surface area contributed by atoms with Gasteiger partial charge in [-0.1, -0.05) is 43.1 Å². The number of halogens is 7. The molecule has 2 aromatic carbocycles. The fraction of sp³-hybridized carbons (Fsp3) is 0.500. The Bertz CT molecular complexity index is 1670. The molecule has 2 aliphatic rings. The van der Waals surface area contributed by atoms with E-state index in [1.165, 1.54) is 19.3 Å². The first-order chi connectivity index (χ1) is 25.9. The third-order valence-corrected chi connectivity index (χ3v) is 8.98. The van der Waals surface area contributed by atoms with Crippen LogP contribution in [0, 0.1) is 5.92 Å². The van der Waals surface area contributed by atoms with Crippen LogP contribution in [0.15, 0.2) is 48.7 Å². The number of aromatic amines is 1. The van der Waals surface area contributed by atoms with Crippen molar-refractivity contribution in [2.45, 2.75) is 57.4 Å². The number of urea groups is 1. The van der Waals surface area contributed by atoms with Crippen molar-refractivity contribution in [3.05, 3.63) is 64.8 Å². The Kier molecular flexibility index (Phi) is 19.3. The molecule has 1 fully saturated rings. The summed E-state index contributed by atoms with van der Waals surface area (Å²) in [7, 11) is 4.11. The molecule has 5 N–H and O–H groups in total. The molecular weight excluding hydrogens is 762 g/mol. The zero-order valence-electron chi connectivity index (χ0n) is 30.6. The van der Waals surface area contributed by atoms with Crippen LogP contribution in [0.1, 0.15) is 43.2 Å². The van der Waals surface area contributed by atoms with E-state index >= 15 is 0 Å². The van der Waals surface area contributed by atoms with Gasteiger partial charge in [0.25, 0.3) is 6.47 Å². The maximum Gasteiger partial charge on any atom is 0.490 e. The fourth-order valence-corrected chi connectivity index (χ4v) is 6.68. The summed E-state index contributed by atoms with van der Waals surface area (Å²) < 4.78 is 60.7. The van der Waals surface area contributed by atoms with Gasteiger partial charge < -0.3 is 40.5 Å². The molecule has 1 saturated heterocycles. The molecule has 2 unspecified atom stereocenters. The molecule has 3 amide bonds. The van der Waals surface area contributed by atoms with Gasteiger partial charge >= 0.3 is 24.9 Å². The van der Waals surface area contributed by atoms with Crippen LogP contribution in [0.4, 0.5) is 36.8 Å². The zero-order chi connectivity index (χ0) is 41.3. The molecule has 55 heavy (non-hydrogen) atoms. The number of carbonyl (C=O) groups is 4. The summed E-state index contributed by atoms with van der Waals surface area (Å²) in [5, 5.41) is 21.8. The van der Waals surface area contributed by atoms with Gasteiger partial charge in [0.1, 0.15) is 6.04 Å². The van der Waals surface area contributed by atoms with Gasteiger partial charge in [0.15, 0.2) is 0 Å². The topological polar surface area (TPSA) is 158 Å². The predicted octanol–water partition coefficient (Wildman–Crippen LogP) is 6.36. The lowest BCUT2D eigenvalue weighted by Crippen LogP contribution is -2.56. The summed E-state index contributed by atoms with van der Waals surface area (Å²) in [6.07, 6.45) is 1.43. The number of H-pyrrole nitrogens is 1. The van der Waals surface area contributed by atoms with E-state index in [-0.39, 0.29) is 30.2 Å². The van der Waals surface area contributed by atoms with Crippen molar-refractivity contribution in [3.63, 3.8) is 0 Å². The molecule has 1 aromatic heterocycles. The van der Waals surface area contributed by atoms with Crippen molar-refractivity contribution >= 4 is 52.6 Å². The van der Waals surface area contributed by atoms with Crippen LogP contribution in [-0.4, -0.2) is 122 Å². The van der Waals surface area contributed by atoms with E-state index in [1.807, 2.05) is 54.4 Å². The van der Waals surface area contributed by atoms with Gasteiger partial charge in [-0.15, -0.1) is 0 Å². The van der Waals surface area contributed by atoms with Crippen molar-refractivity contribution in [2.24, 2.45) is 5.92 Å². The number of hydrogen-bond donors (Lipinski definition) is 5. The highest BCUT2D eigenvalue weighted by atomic mass is 35.5. The number of carboxylic acid groups (broad SMARTS) is 2. The van der Waals surface area contributed by atoms with Gasteiger partial charge in [0.05, 0.1) is 0 Å². The molecule has 3 aromatic rings. The second kappa shape index (κ2) is 22.7. The number of aliphatic carboxylic acids is 1. The number of alkyl halides is 6. The lowest BCUT2D eigenvalue weighted by atomic mass is 9.88. The standard InChI is InChI=1S/C32H43ClN6O2.C2HF3O2.CHF3.CH2O2/c1-22(27-19-35-28-10-6-5-9-26(27)28)30(36-32(41)34-13-16-38-14-7-4-8-15-38)31(40)39-21-23(20-37(2)3)17-24-18-25(33)11-12-29(24)39;3-2(4,5)1(6)7;2-1(3)4;2-1-3/h5-6,9-12,18-19,22-23,30,35H,4,7-8,13-17,20-21H2,1-3H3,(H2,34,36,41);(H,6,7);1H;1H,(H,2,3)/t22?,23-,30?;;;/m1.../s1. The van der Waals surface area contributed by atoms with Crippen LogP contribution in [0.2, 0.25) is 5.02 Å². The number of likely N-dealkylation sites (tertiary alicyclic amines) is 1. The summed E-state index contributed by atoms with van der Waals surface area (Å²) in [6.45, 7) is 3.06. The van der Waals surface area contributed by atoms with Crippen LogP contribution in [0.3, 0.4) is 0 Å².